The number of rotatable bonds is 4. The molecule has 1 aliphatic rings. The minimum absolute atomic E-state index is 0.102. The van der Waals surface area contributed by atoms with Crippen molar-refractivity contribution >= 4 is 23.6 Å². The van der Waals surface area contributed by atoms with E-state index >= 15 is 0 Å². The first-order chi connectivity index (χ1) is 8.68. The van der Waals surface area contributed by atoms with Crippen LogP contribution in [0.4, 0.5) is 0 Å². The molecule has 18 heavy (non-hydrogen) atoms. The minimum atomic E-state index is -0.510. The third-order valence-corrected chi connectivity index (χ3v) is 3.87. The molecule has 1 heterocycles. The van der Waals surface area contributed by atoms with Gasteiger partial charge in [0.1, 0.15) is 0 Å². The number of thioether (sulfide) groups is 1. The van der Waals surface area contributed by atoms with E-state index in [1.54, 1.807) is 11.8 Å². The predicted octanol–water partition coefficient (Wildman–Crippen LogP) is 1.26. The predicted molar refractivity (Wildman–Crippen MR) is 71.1 cm³/mol. The molecule has 5 heteroatoms. The van der Waals surface area contributed by atoms with Crippen molar-refractivity contribution in [1.29, 1.82) is 0 Å². The van der Waals surface area contributed by atoms with Gasteiger partial charge >= 0.3 is 0 Å². The van der Waals surface area contributed by atoms with Crippen molar-refractivity contribution in [1.82, 2.24) is 4.90 Å². The van der Waals surface area contributed by atoms with Gasteiger partial charge in [-0.3, -0.25) is 14.5 Å². The molecule has 96 valence electrons. The Bertz CT molecular complexity index is 436. The van der Waals surface area contributed by atoms with Crippen molar-refractivity contribution in [3.05, 3.63) is 30.3 Å². The van der Waals surface area contributed by atoms with Crippen molar-refractivity contribution in [3.63, 3.8) is 0 Å². The van der Waals surface area contributed by atoms with E-state index in [2.05, 4.69) is 0 Å². The van der Waals surface area contributed by atoms with Crippen LogP contribution in [0, 0.1) is 0 Å². The van der Waals surface area contributed by atoms with E-state index in [1.807, 2.05) is 30.3 Å². The number of hydrogen-bond donors (Lipinski definition) is 1. The Balaban J connectivity index is 1.85. The number of imide groups is 1. The van der Waals surface area contributed by atoms with Gasteiger partial charge < -0.3 is 5.73 Å². The fourth-order valence-electron chi connectivity index (χ4n) is 1.87. The fourth-order valence-corrected chi connectivity index (χ4v) is 2.73. The Morgan fingerprint density at radius 3 is 2.72 bits per heavy atom. The van der Waals surface area contributed by atoms with E-state index in [-0.39, 0.29) is 11.8 Å². The monoisotopic (exact) mass is 264 g/mol. The van der Waals surface area contributed by atoms with Gasteiger partial charge in [0.05, 0.1) is 6.04 Å². The molecule has 1 saturated heterocycles. The minimum Gasteiger partial charge on any atom is -0.320 e. The van der Waals surface area contributed by atoms with Crippen molar-refractivity contribution in [2.24, 2.45) is 5.73 Å². The molecule has 0 saturated carbocycles. The van der Waals surface area contributed by atoms with Crippen molar-refractivity contribution in [2.45, 2.75) is 23.8 Å². The van der Waals surface area contributed by atoms with Crippen LogP contribution in [0.2, 0.25) is 0 Å². The highest BCUT2D eigenvalue weighted by atomic mass is 32.2. The molecule has 4 nitrogen and oxygen atoms in total. The summed E-state index contributed by atoms with van der Waals surface area (Å²) in [6.07, 6.45) is 0.850. The molecule has 1 aliphatic heterocycles. The molecule has 0 spiro atoms. The Hall–Kier alpha value is -1.33. The molecule has 1 unspecified atom stereocenters. The van der Waals surface area contributed by atoms with Gasteiger partial charge in [-0.1, -0.05) is 18.2 Å². The van der Waals surface area contributed by atoms with E-state index in [0.29, 0.717) is 25.1 Å². The van der Waals surface area contributed by atoms with Gasteiger partial charge in [0, 0.05) is 23.6 Å². The number of nitrogens with zero attached hydrogens (tertiary/aromatic N) is 1. The summed E-state index contributed by atoms with van der Waals surface area (Å²) in [5, 5.41) is 0. The van der Waals surface area contributed by atoms with E-state index in [9.17, 15) is 9.59 Å². The number of carbonyl (C=O) groups excluding carboxylic acids is 2. The van der Waals surface area contributed by atoms with Gasteiger partial charge in [0.15, 0.2) is 0 Å². The molecular weight excluding hydrogens is 248 g/mol. The average molecular weight is 264 g/mol. The number of carbonyl (C=O) groups is 2. The Morgan fingerprint density at radius 2 is 2.00 bits per heavy atom. The molecule has 0 radical (unpaired) electrons. The first kappa shape index (κ1) is 13.1. The molecule has 1 aromatic rings. The highest BCUT2D eigenvalue weighted by Gasteiger charge is 2.31. The van der Waals surface area contributed by atoms with Crippen LogP contribution in [0.3, 0.4) is 0 Å². The molecule has 0 aromatic heterocycles. The number of hydrogen-bond acceptors (Lipinski definition) is 4. The molecular formula is C13H16N2O2S. The van der Waals surface area contributed by atoms with Gasteiger partial charge in [0.2, 0.25) is 11.8 Å². The first-order valence-electron chi connectivity index (χ1n) is 5.96. The molecule has 2 amide bonds. The summed E-state index contributed by atoms with van der Waals surface area (Å²) in [4.78, 5) is 25.8. The summed E-state index contributed by atoms with van der Waals surface area (Å²) in [7, 11) is 0. The van der Waals surface area contributed by atoms with Crippen LogP contribution in [0.5, 0.6) is 0 Å². The van der Waals surface area contributed by atoms with Crippen LogP contribution >= 0.6 is 11.8 Å². The molecule has 1 atom stereocenters. The maximum atomic E-state index is 11.7. The Morgan fingerprint density at radius 1 is 1.28 bits per heavy atom. The van der Waals surface area contributed by atoms with Crippen molar-refractivity contribution in [2.75, 3.05) is 12.3 Å². The zero-order valence-corrected chi connectivity index (χ0v) is 10.9. The maximum Gasteiger partial charge on any atom is 0.246 e. The number of piperidine rings is 1. The highest BCUT2D eigenvalue weighted by Crippen LogP contribution is 2.18. The number of likely N-dealkylation sites (tertiary alicyclic amines) is 1. The highest BCUT2D eigenvalue weighted by molar-refractivity contribution is 7.99. The summed E-state index contributed by atoms with van der Waals surface area (Å²) in [5.74, 6) is 0.365. The topological polar surface area (TPSA) is 63.4 Å². The second-order valence-electron chi connectivity index (χ2n) is 4.19. The summed E-state index contributed by atoms with van der Waals surface area (Å²) in [6.45, 7) is 0.435. The molecule has 0 aliphatic carbocycles. The Labute approximate surface area is 111 Å². The fraction of sp³-hybridized carbons (Fsp3) is 0.385. The third kappa shape index (κ3) is 3.11. The molecule has 1 aromatic carbocycles. The summed E-state index contributed by atoms with van der Waals surface area (Å²) < 4.78 is 0. The van der Waals surface area contributed by atoms with Gasteiger partial charge in [-0.25, -0.2) is 0 Å². The second-order valence-corrected chi connectivity index (χ2v) is 5.36. The molecule has 2 rings (SSSR count). The quantitative estimate of drug-likeness (QED) is 0.657. The van der Waals surface area contributed by atoms with Crippen LogP contribution in [-0.2, 0) is 9.59 Å². The van der Waals surface area contributed by atoms with Gasteiger partial charge in [-0.2, -0.15) is 0 Å². The van der Waals surface area contributed by atoms with Gasteiger partial charge in [0.25, 0.3) is 0 Å². The maximum absolute atomic E-state index is 11.7. The van der Waals surface area contributed by atoms with Crippen molar-refractivity contribution < 1.29 is 9.59 Å². The lowest BCUT2D eigenvalue weighted by Gasteiger charge is -2.28. The van der Waals surface area contributed by atoms with Gasteiger partial charge in [-0.15, -0.1) is 11.8 Å². The first-order valence-corrected chi connectivity index (χ1v) is 6.94. The lowest BCUT2D eigenvalue weighted by atomic mass is 10.1. The van der Waals surface area contributed by atoms with E-state index in [0.717, 1.165) is 4.90 Å². The van der Waals surface area contributed by atoms with Crippen LogP contribution in [0.25, 0.3) is 0 Å². The smallest absolute Gasteiger partial charge is 0.246 e. The zero-order valence-electron chi connectivity index (χ0n) is 10.0. The second kappa shape index (κ2) is 6.02. The molecule has 2 N–H and O–H groups in total. The number of nitrogens with two attached hydrogens (primary N) is 1. The Kier molecular flexibility index (Phi) is 4.38. The van der Waals surface area contributed by atoms with E-state index in [4.69, 9.17) is 5.73 Å². The lowest BCUT2D eigenvalue weighted by molar-refractivity contribution is -0.148. The average Bonchev–Trinajstić information content (AvgIpc) is 2.39. The van der Waals surface area contributed by atoms with E-state index < -0.39 is 6.04 Å². The SMILES string of the molecule is NC1CCC(=O)N(CCSc2ccccc2)C1=O. The van der Waals surface area contributed by atoms with E-state index in [1.165, 1.54) is 4.90 Å². The zero-order chi connectivity index (χ0) is 13.0. The molecule has 1 fully saturated rings. The number of amides is 2. The van der Waals surface area contributed by atoms with Crippen LogP contribution in [0.1, 0.15) is 12.8 Å². The van der Waals surface area contributed by atoms with Crippen molar-refractivity contribution in [3.8, 4) is 0 Å². The number of benzene rings is 1. The standard InChI is InChI=1S/C13H16N2O2S/c14-11-6-7-12(16)15(13(11)17)8-9-18-10-4-2-1-3-5-10/h1-5,11H,6-9,14H2. The van der Waals surface area contributed by atoms with Crippen LogP contribution in [0.15, 0.2) is 35.2 Å². The largest absolute Gasteiger partial charge is 0.320 e. The van der Waals surface area contributed by atoms with Crippen LogP contribution < -0.4 is 5.73 Å². The summed E-state index contributed by atoms with van der Waals surface area (Å²) >= 11 is 1.63. The van der Waals surface area contributed by atoms with Gasteiger partial charge in [-0.05, 0) is 18.6 Å². The summed E-state index contributed by atoms with van der Waals surface area (Å²) in [5.41, 5.74) is 5.66. The summed E-state index contributed by atoms with van der Waals surface area (Å²) in [6, 6.07) is 9.41. The lowest BCUT2D eigenvalue weighted by Crippen LogP contribution is -2.51. The normalized spacial score (nSPS) is 20.3. The van der Waals surface area contributed by atoms with Crippen LogP contribution in [-0.4, -0.2) is 35.1 Å². The third-order valence-electron chi connectivity index (χ3n) is 2.88. The molecule has 0 bridgehead atoms.